The Bertz CT molecular complexity index is 774. The van der Waals surface area contributed by atoms with Gasteiger partial charge in [0.25, 0.3) is 0 Å². The molecule has 0 saturated heterocycles. The zero-order valence-electron chi connectivity index (χ0n) is 14.2. The molecule has 0 radical (unpaired) electrons. The summed E-state index contributed by atoms with van der Waals surface area (Å²) in [4.78, 5) is 4.51. The Balaban J connectivity index is 2.38. The molecule has 2 aliphatic rings. The summed E-state index contributed by atoms with van der Waals surface area (Å²) in [5, 5.41) is 19.3. The van der Waals surface area contributed by atoms with E-state index in [9.17, 15) is 5.26 Å². The number of fused-ring (bicyclic) bond motifs is 1. The van der Waals surface area contributed by atoms with Crippen LogP contribution in [0.3, 0.4) is 0 Å². The van der Waals surface area contributed by atoms with Crippen LogP contribution in [-0.4, -0.2) is 17.3 Å². The highest BCUT2D eigenvalue weighted by molar-refractivity contribution is 5.96. The third-order valence-electron chi connectivity index (χ3n) is 4.53. The number of hydrazone groups is 1. The number of nitrogens with one attached hydrogen (secondary N) is 1. The van der Waals surface area contributed by atoms with Crippen LogP contribution < -0.4 is 5.32 Å². The molecule has 0 amide bonds. The number of rotatable bonds is 2. The summed E-state index contributed by atoms with van der Waals surface area (Å²) in [7, 11) is 0. The largest absolute Gasteiger partial charge is 0.314 e. The second-order valence-corrected chi connectivity index (χ2v) is 6.51. The maximum atomic E-state index is 9.89. The topological polar surface area (TPSA) is 63.8 Å². The lowest BCUT2D eigenvalue weighted by Crippen LogP contribution is -2.54. The van der Waals surface area contributed by atoms with Crippen molar-refractivity contribution in [2.45, 2.75) is 40.2 Å². The molecule has 1 aromatic carbocycles. The van der Waals surface area contributed by atoms with E-state index in [0.29, 0.717) is 11.5 Å². The number of benzene rings is 1. The first-order chi connectivity index (χ1) is 10.9. The minimum Gasteiger partial charge on any atom is -0.314 e. The van der Waals surface area contributed by atoms with Crippen LogP contribution in [0.15, 0.2) is 39.6 Å². The average molecular weight is 307 g/mol. The van der Waals surface area contributed by atoms with E-state index < -0.39 is 5.54 Å². The third-order valence-corrected chi connectivity index (χ3v) is 4.53. The van der Waals surface area contributed by atoms with Gasteiger partial charge < -0.3 is 5.32 Å². The van der Waals surface area contributed by atoms with Gasteiger partial charge in [0.15, 0.2) is 0 Å². The minimum absolute atomic E-state index is 0.135. The van der Waals surface area contributed by atoms with Crippen LogP contribution in [0.2, 0.25) is 0 Å². The molecule has 0 aliphatic carbocycles. The molecule has 3 rings (SSSR count). The Morgan fingerprint density at radius 3 is 2.39 bits per heavy atom. The van der Waals surface area contributed by atoms with Crippen molar-refractivity contribution in [3.05, 3.63) is 46.2 Å². The predicted octanol–water partition coefficient (Wildman–Crippen LogP) is 3.17. The van der Waals surface area contributed by atoms with Crippen molar-refractivity contribution < 1.29 is 0 Å². The zero-order valence-corrected chi connectivity index (χ0v) is 14.2. The fourth-order valence-corrected chi connectivity index (χ4v) is 3.69. The van der Waals surface area contributed by atoms with E-state index in [2.05, 4.69) is 67.4 Å². The number of allylic oxidation sites excluding steroid dienone is 1. The van der Waals surface area contributed by atoms with E-state index in [0.717, 1.165) is 11.3 Å². The molecule has 5 nitrogen and oxygen atoms in total. The smallest absolute Gasteiger partial charge is 0.226 e. The summed E-state index contributed by atoms with van der Waals surface area (Å²) in [5.41, 5.74) is 4.18. The van der Waals surface area contributed by atoms with Crippen LogP contribution >= 0.6 is 0 Å². The van der Waals surface area contributed by atoms with E-state index in [-0.39, 0.29) is 5.92 Å². The molecule has 0 fully saturated rings. The second kappa shape index (κ2) is 5.24. The molecule has 2 heterocycles. The lowest BCUT2D eigenvalue weighted by Gasteiger charge is -2.45. The van der Waals surface area contributed by atoms with Crippen LogP contribution in [0, 0.1) is 31.1 Å². The van der Waals surface area contributed by atoms with Gasteiger partial charge in [-0.2, -0.15) is 10.4 Å². The lowest BCUT2D eigenvalue weighted by atomic mass is 9.72. The summed E-state index contributed by atoms with van der Waals surface area (Å²) < 4.78 is 0. The first-order valence-electron chi connectivity index (χ1n) is 7.79. The third kappa shape index (κ3) is 2.06. The fourth-order valence-electron chi connectivity index (χ4n) is 3.69. The Labute approximate surface area is 137 Å². The molecule has 23 heavy (non-hydrogen) atoms. The van der Waals surface area contributed by atoms with Crippen molar-refractivity contribution in [3.63, 3.8) is 0 Å². The van der Waals surface area contributed by atoms with Crippen molar-refractivity contribution in [1.29, 1.82) is 5.26 Å². The van der Waals surface area contributed by atoms with Crippen molar-refractivity contribution >= 4 is 12.3 Å². The summed E-state index contributed by atoms with van der Waals surface area (Å²) in [5.74, 6) is 0.810. The standard InChI is InChI=1S/C18H21N5/c1-11(2)18(15-7-12(3)6-13(4)8-15)16(9-19)14(5)22-17-20-10-21-23(17)18/h6-8,10-11H,1-5H3,(H,20,21,22). The highest BCUT2D eigenvalue weighted by atomic mass is 15.6. The number of nitriles is 1. The Kier molecular flexibility index (Phi) is 3.48. The van der Waals surface area contributed by atoms with E-state index in [1.165, 1.54) is 11.1 Å². The molecule has 1 atom stereocenters. The van der Waals surface area contributed by atoms with Crippen LogP contribution in [-0.2, 0) is 5.54 Å². The van der Waals surface area contributed by atoms with E-state index in [1.54, 1.807) is 6.34 Å². The minimum atomic E-state index is -0.646. The number of hydrogen-bond donors (Lipinski definition) is 1. The van der Waals surface area contributed by atoms with Crippen molar-refractivity contribution in [3.8, 4) is 6.07 Å². The molecular formula is C18H21N5. The van der Waals surface area contributed by atoms with Gasteiger partial charge in [0.05, 0.1) is 17.3 Å². The van der Waals surface area contributed by atoms with Gasteiger partial charge in [0.2, 0.25) is 5.96 Å². The van der Waals surface area contributed by atoms with E-state index in [1.807, 2.05) is 11.9 Å². The first-order valence-corrected chi connectivity index (χ1v) is 7.79. The molecule has 118 valence electrons. The predicted molar refractivity (Wildman–Crippen MR) is 91.6 cm³/mol. The SMILES string of the molecule is CC1=C(C#N)C(c2cc(C)cc(C)c2)(C(C)C)N2N=CNC2=N1. The molecule has 1 aromatic rings. The zero-order chi connectivity index (χ0) is 16.8. The number of aryl methyl sites for hydroxylation is 2. The van der Waals surface area contributed by atoms with Gasteiger partial charge in [0.1, 0.15) is 11.9 Å². The molecule has 0 bridgehead atoms. The van der Waals surface area contributed by atoms with Gasteiger partial charge in [-0.1, -0.05) is 43.2 Å². The van der Waals surface area contributed by atoms with Gasteiger partial charge in [-0.05, 0) is 32.3 Å². The van der Waals surface area contributed by atoms with Crippen LogP contribution in [0.1, 0.15) is 37.5 Å². The number of hydrogen-bond acceptors (Lipinski definition) is 5. The summed E-state index contributed by atoms with van der Waals surface area (Å²) >= 11 is 0. The molecule has 1 N–H and O–H groups in total. The monoisotopic (exact) mass is 307 g/mol. The molecule has 1 unspecified atom stereocenters. The Morgan fingerprint density at radius 2 is 1.83 bits per heavy atom. The van der Waals surface area contributed by atoms with E-state index in [4.69, 9.17) is 0 Å². The van der Waals surface area contributed by atoms with Crippen molar-refractivity contribution in [2.75, 3.05) is 0 Å². The number of guanidine groups is 1. The highest BCUT2D eigenvalue weighted by Gasteiger charge is 2.51. The number of aliphatic imine (C=N–C) groups is 1. The Morgan fingerprint density at radius 1 is 1.17 bits per heavy atom. The van der Waals surface area contributed by atoms with Crippen LogP contribution in [0.25, 0.3) is 0 Å². The van der Waals surface area contributed by atoms with Gasteiger partial charge >= 0.3 is 0 Å². The summed E-state index contributed by atoms with van der Waals surface area (Å²) in [6.45, 7) is 10.3. The molecular weight excluding hydrogens is 286 g/mol. The normalized spacial score (nSPS) is 22.8. The average Bonchev–Trinajstić information content (AvgIpc) is 2.92. The van der Waals surface area contributed by atoms with Gasteiger partial charge in [0, 0.05) is 0 Å². The van der Waals surface area contributed by atoms with Crippen molar-refractivity contribution in [2.24, 2.45) is 16.0 Å². The van der Waals surface area contributed by atoms with Crippen molar-refractivity contribution in [1.82, 2.24) is 10.3 Å². The molecule has 0 spiro atoms. The quantitative estimate of drug-likeness (QED) is 0.912. The maximum absolute atomic E-state index is 9.89. The fraction of sp³-hybridized carbons (Fsp3) is 0.389. The van der Waals surface area contributed by atoms with Gasteiger partial charge in [-0.25, -0.2) is 10.0 Å². The van der Waals surface area contributed by atoms with E-state index >= 15 is 0 Å². The number of nitrogens with zero attached hydrogens (tertiary/aromatic N) is 4. The summed E-state index contributed by atoms with van der Waals surface area (Å²) in [6, 6.07) is 8.84. The first kappa shape index (κ1) is 15.3. The molecule has 2 aliphatic heterocycles. The molecule has 5 heteroatoms. The molecule has 0 aromatic heterocycles. The Hall–Kier alpha value is -2.61. The second-order valence-electron chi connectivity index (χ2n) is 6.51. The maximum Gasteiger partial charge on any atom is 0.226 e. The van der Waals surface area contributed by atoms with Gasteiger partial charge in [-0.15, -0.1) is 0 Å². The lowest BCUT2D eigenvalue weighted by molar-refractivity contribution is 0.157. The van der Waals surface area contributed by atoms with Crippen LogP contribution in [0.4, 0.5) is 0 Å². The highest BCUT2D eigenvalue weighted by Crippen LogP contribution is 2.47. The van der Waals surface area contributed by atoms with Crippen LogP contribution in [0.5, 0.6) is 0 Å². The molecule has 0 saturated carbocycles. The summed E-state index contributed by atoms with van der Waals surface area (Å²) in [6.07, 6.45) is 1.63. The van der Waals surface area contributed by atoms with Gasteiger partial charge in [-0.3, -0.25) is 0 Å².